The molecule has 1 amide bonds. The number of pyridine rings is 1. The Labute approximate surface area is 135 Å². The summed E-state index contributed by atoms with van der Waals surface area (Å²) in [6.07, 6.45) is 2.20. The van der Waals surface area contributed by atoms with E-state index in [1.807, 2.05) is 26.8 Å². The summed E-state index contributed by atoms with van der Waals surface area (Å²) in [5, 5.41) is 13.7. The van der Waals surface area contributed by atoms with E-state index in [9.17, 15) is 4.79 Å². The molecule has 2 aromatic heterocycles. The number of fused-ring (bicyclic) bond motifs is 1. The molecule has 0 spiro atoms. The van der Waals surface area contributed by atoms with Gasteiger partial charge in [0.15, 0.2) is 0 Å². The molecule has 1 atom stereocenters. The van der Waals surface area contributed by atoms with E-state index < -0.39 is 0 Å². The van der Waals surface area contributed by atoms with E-state index in [-0.39, 0.29) is 11.8 Å². The molecule has 0 N–H and O–H groups in total. The summed E-state index contributed by atoms with van der Waals surface area (Å²) in [5.41, 5.74) is 2.59. The second kappa shape index (κ2) is 5.99. The first-order valence-corrected chi connectivity index (χ1v) is 8.01. The minimum Gasteiger partial charge on any atom is -0.338 e. The van der Waals surface area contributed by atoms with E-state index in [0.29, 0.717) is 41.4 Å². The maximum atomic E-state index is 13.0. The van der Waals surface area contributed by atoms with Crippen LogP contribution in [0.5, 0.6) is 0 Å². The number of rotatable bonds is 5. The van der Waals surface area contributed by atoms with Crippen LogP contribution in [-0.2, 0) is 0 Å². The van der Waals surface area contributed by atoms with Crippen LogP contribution in [0.4, 0.5) is 0 Å². The monoisotopic (exact) mass is 312 g/mol. The van der Waals surface area contributed by atoms with Gasteiger partial charge in [-0.15, -0.1) is 0 Å². The molecule has 2 heterocycles. The van der Waals surface area contributed by atoms with Crippen LogP contribution in [0.15, 0.2) is 10.6 Å². The minimum absolute atomic E-state index is 0.0878. The van der Waals surface area contributed by atoms with Crippen LogP contribution >= 0.6 is 0 Å². The van der Waals surface area contributed by atoms with Gasteiger partial charge in [0, 0.05) is 24.7 Å². The highest BCUT2D eigenvalue weighted by molar-refractivity contribution is 6.06. The maximum absolute atomic E-state index is 13.0. The summed E-state index contributed by atoms with van der Waals surface area (Å²) in [7, 11) is 0. The highest BCUT2D eigenvalue weighted by Crippen LogP contribution is 2.40. The van der Waals surface area contributed by atoms with Crippen molar-refractivity contribution in [3.63, 3.8) is 0 Å². The number of nitriles is 1. The number of hydrogen-bond acceptors (Lipinski definition) is 5. The lowest BCUT2D eigenvalue weighted by atomic mass is 10.1. The third-order valence-corrected chi connectivity index (χ3v) is 4.25. The quantitative estimate of drug-likeness (QED) is 0.847. The van der Waals surface area contributed by atoms with Crippen molar-refractivity contribution in [3.8, 4) is 6.07 Å². The second-order valence-electron chi connectivity index (χ2n) is 6.19. The molecule has 0 aromatic carbocycles. The van der Waals surface area contributed by atoms with E-state index in [1.165, 1.54) is 0 Å². The van der Waals surface area contributed by atoms with Gasteiger partial charge in [-0.2, -0.15) is 5.26 Å². The fourth-order valence-corrected chi connectivity index (χ4v) is 2.77. The fourth-order valence-electron chi connectivity index (χ4n) is 2.77. The topological polar surface area (TPSA) is 83.0 Å². The number of amides is 1. The van der Waals surface area contributed by atoms with Crippen LogP contribution < -0.4 is 0 Å². The number of aromatic nitrogens is 2. The molecule has 0 unspecified atom stereocenters. The van der Waals surface area contributed by atoms with Gasteiger partial charge >= 0.3 is 0 Å². The van der Waals surface area contributed by atoms with Crippen molar-refractivity contribution in [2.75, 3.05) is 13.1 Å². The lowest BCUT2D eigenvalue weighted by Crippen LogP contribution is -2.34. The van der Waals surface area contributed by atoms with Crippen LogP contribution in [0, 0.1) is 24.2 Å². The summed E-state index contributed by atoms with van der Waals surface area (Å²) in [6.45, 7) is 6.52. The second-order valence-corrected chi connectivity index (χ2v) is 6.19. The number of carbonyl (C=O) groups is 1. The summed E-state index contributed by atoms with van der Waals surface area (Å²) in [6, 6.07) is 4.06. The summed E-state index contributed by atoms with van der Waals surface area (Å²) < 4.78 is 5.29. The predicted octanol–water partition coefficient (Wildman–Crippen LogP) is 3.03. The van der Waals surface area contributed by atoms with Gasteiger partial charge in [-0.25, -0.2) is 4.98 Å². The van der Waals surface area contributed by atoms with Crippen molar-refractivity contribution in [3.05, 3.63) is 23.0 Å². The Morgan fingerprint density at radius 3 is 2.91 bits per heavy atom. The Bertz CT molecular complexity index is 786. The van der Waals surface area contributed by atoms with Gasteiger partial charge in [0.1, 0.15) is 0 Å². The van der Waals surface area contributed by atoms with E-state index >= 15 is 0 Å². The van der Waals surface area contributed by atoms with Crippen LogP contribution in [0.25, 0.3) is 11.1 Å². The molecule has 3 rings (SSSR count). The van der Waals surface area contributed by atoms with Crippen molar-refractivity contribution in [1.29, 1.82) is 5.26 Å². The van der Waals surface area contributed by atoms with Crippen molar-refractivity contribution < 1.29 is 9.32 Å². The van der Waals surface area contributed by atoms with Gasteiger partial charge in [0.2, 0.25) is 0 Å². The number of hydrogen-bond donors (Lipinski definition) is 0. The van der Waals surface area contributed by atoms with Crippen molar-refractivity contribution >= 4 is 17.0 Å². The fraction of sp³-hybridized carbons (Fsp3) is 0.529. The normalized spacial score (nSPS) is 15.4. The van der Waals surface area contributed by atoms with Crippen LogP contribution in [0.2, 0.25) is 0 Å². The molecule has 120 valence electrons. The van der Waals surface area contributed by atoms with Gasteiger partial charge in [-0.3, -0.25) is 4.79 Å². The maximum Gasteiger partial charge on any atom is 0.259 e. The third-order valence-electron chi connectivity index (χ3n) is 4.25. The molecule has 0 aliphatic heterocycles. The van der Waals surface area contributed by atoms with Gasteiger partial charge in [0.05, 0.1) is 28.6 Å². The average Bonchev–Trinajstić information content (AvgIpc) is 3.35. The zero-order valence-corrected chi connectivity index (χ0v) is 13.7. The van der Waals surface area contributed by atoms with Gasteiger partial charge in [-0.1, -0.05) is 5.16 Å². The molecule has 0 saturated heterocycles. The molecule has 1 saturated carbocycles. The molecule has 1 fully saturated rings. The smallest absolute Gasteiger partial charge is 0.259 e. The Hall–Kier alpha value is -2.42. The summed E-state index contributed by atoms with van der Waals surface area (Å²) >= 11 is 0. The molecule has 1 aliphatic carbocycles. The molecular formula is C17H20N4O2. The van der Waals surface area contributed by atoms with Crippen molar-refractivity contribution in [2.24, 2.45) is 5.92 Å². The Balaban J connectivity index is 2.04. The zero-order valence-electron chi connectivity index (χ0n) is 13.7. The van der Waals surface area contributed by atoms with E-state index in [2.05, 4.69) is 16.2 Å². The predicted molar refractivity (Wildman–Crippen MR) is 84.9 cm³/mol. The van der Waals surface area contributed by atoms with Crippen LogP contribution in [-0.4, -0.2) is 34.0 Å². The van der Waals surface area contributed by atoms with Crippen molar-refractivity contribution in [2.45, 2.75) is 39.5 Å². The molecule has 2 aromatic rings. The zero-order chi connectivity index (χ0) is 16.6. The lowest BCUT2D eigenvalue weighted by molar-refractivity contribution is 0.0754. The minimum atomic E-state index is -0.206. The lowest BCUT2D eigenvalue weighted by Gasteiger charge is -2.22. The SMILES string of the molecule is CCN(C[C@H](C)C#N)C(=O)c1cc(C2CC2)nc2onc(C)c12. The van der Waals surface area contributed by atoms with E-state index in [1.54, 1.807) is 4.90 Å². The van der Waals surface area contributed by atoms with Gasteiger partial charge < -0.3 is 9.42 Å². The third kappa shape index (κ3) is 2.91. The Morgan fingerprint density at radius 2 is 2.30 bits per heavy atom. The Morgan fingerprint density at radius 1 is 1.57 bits per heavy atom. The standard InChI is InChI=1S/C17H20N4O2/c1-4-21(9-10(2)8-18)17(22)13-7-14(12-5-6-12)19-16-15(13)11(3)20-23-16/h7,10,12H,4-6,9H2,1-3H3/t10-/m1/s1. The average molecular weight is 312 g/mol. The first kappa shape index (κ1) is 15.5. The first-order valence-electron chi connectivity index (χ1n) is 8.01. The molecule has 6 nitrogen and oxygen atoms in total. The largest absolute Gasteiger partial charge is 0.338 e. The molecule has 0 radical (unpaired) electrons. The summed E-state index contributed by atoms with van der Waals surface area (Å²) in [5.74, 6) is 0.127. The van der Waals surface area contributed by atoms with Crippen LogP contribution in [0.3, 0.4) is 0 Å². The van der Waals surface area contributed by atoms with E-state index in [4.69, 9.17) is 9.78 Å². The molecule has 6 heteroatoms. The Kier molecular flexibility index (Phi) is 4.03. The highest BCUT2D eigenvalue weighted by Gasteiger charge is 2.29. The van der Waals surface area contributed by atoms with Gasteiger partial charge in [-0.05, 0) is 39.7 Å². The summed E-state index contributed by atoms with van der Waals surface area (Å²) in [4.78, 5) is 19.2. The first-order chi connectivity index (χ1) is 11.0. The molecule has 23 heavy (non-hydrogen) atoms. The number of carbonyl (C=O) groups excluding carboxylic acids is 1. The highest BCUT2D eigenvalue weighted by atomic mass is 16.5. The van der Waals surface area contributed by atoms with Gasteiger partial charge in [0.25, 0.3) is 11.6 Å². The van der Waals surface area contributed by atoms with Crippen molar-refractivity contribution in [1.82, 2.24) is 15.0 Å². The molecule has 0 bridgehead atoms. The van der Waals surface area contributed by atoms with E-state index in [0.717, 1.165) is 18.5 Å². The number of aryl methyl sites for hydroxylation is 1. The molecule has 1 aliphatic rings. The van der Waals surface area contributed by atoms with Crippen LogP contribution in [0.1, 0.15) is 54.4 Å². The number of nitrogens with zero attached hydrogens (tertiary/aromatic N) is 4. The molecular weight excluding hydrogens is 292 g/mol.